The Kier molecular flexibility index (Phi) is 2.35. The van der Waals surface area contributed by atoms with Gasteiger partial charge in [0.15, 0.2) is 0 Å². The molecule has 1 rings (SSSR count). The summed E-state index contributed by atoms with van der Waals surface area (Å²) < 4.78 is 0. The molecular weight excluding hydrogens is 124 g/mol. The van der Waals surface area contributed by atoms with Crippen molar-refractivity contribution in [2.45, 2.75) is 51.6 Å². The van der Waals surface area contributed by atoms with Crippen LogP contribution in [-0.2, 0) is 0 Å². The van der Waals surface area contributed by atoms with Crippen LogP contribution in [0.1, 0.15) is 46.0 Å². The zero-order valence-electron chi connectivity index (χ0n) is 7.06. The molecule has 1 aliphatic carbocycles. The molecule has 0 bridgehead atoms. The third-order valence-electron chi connectivity index (χ3n) is 2.52. The van der Waals surface area contributed by atoms with Gasteiger partial charge in [-0.2, -0.15) is 0 Å². The molecule has 10 heavy (non-hydrogen) atoms. The van der Waals surface area contributed by atoms with Crippen LogP contribution in [0, 0.1) is 5.92 Å². The SMILES string of the molecule is CCCC1CC1(O)CCC. The summed E-state index contributed by atoms with van der Waals surface area (Å²) in [5, 5.41) is 9.72. The van der Waals surface area contributed by atoms with Crippen LogP contribution in [-0.4, -0.2) is 10.7 Å². The minimum atomic E-state index is -0.231. The highest BCUT2D eigenvalue weighted by Crippen LogP contribution is 2.49. The first-order valence-corrected chi connectivity index (χ1v) is 4.45. The van der Waals surface area contributed by atoms with E-state index in [-0.39, 0.29) is 5.60 Å². The molecule has 0 radical (unpaired) electrons. The van der Waals surface area contributed by atoms with Crippen molar-refractivity contribution in [3.05, 3.63) is 0 Å². The quantitative estimate of drug-likeness (QED) is 0.638. The van der Waals surface area contributed by atoms with E-state index in [4.69, 9.17) is 0 Å². The molecular formula is C9H18O. The van der Waals surface area contributed by atoms with E-state index in [2.05, 4.69) is 13.8 Å². The van der Waals surface area contributed by atoms with Gasteiger partial charge in [0.2, 0.25) is 0 Å². The Labute approximate surface area is 63.4 Å². The van der Waals surface area contributed by atoms with Crippen molar-refractivity contribution in [3.63, 3.8) is 0 Å². The van der Waals surface area contributed by atoms with Gasteiger partial charge in [0.05, 0.1) is 5.60 Å². The molecule has 0 aromatic rings. The second-order valence-electron chi connectivity index (χ2n) is 3.54. The lowest BCUT2D eigenvalue weighted by Crippen LogP contribution is -2.09. The lowest BCUT2D eigenvalue weighted by molar-refractivity contribution is 0.118. The van der Waals surface area contributed by atoms with E-state index in [1.165, 1.54) is 12.8 Å². The lowest BCUT2D eigenvalue weighted by atomic mass is 10.1. The summed E-state index contributed by atoms with van der Waals surface area (Å²) in [6.07, 6.45) is 5.64. The molecule has 1 heteroatoms. The van der Waals surface area contributed by atoms with Gasteiger partial charge in [-0.15, -0.1) is 0 Å². The van der Waals surface area contributed by atoms with Gasteiger partial charge in [-0.1, -0.05) is 26.7 Å². The predicted octanol–water partition coefficient (Wildman–Crippen LogP) is 2.34. The molecule has 1 saturated carbocycles. The van der Waals surface area contributed by atoms with Gasteiger partial charge < -0.3 is 5.11 Å². The van der Waals surface area contributed by atoms with Crippen LogP contribution >= 0.6 is 0 Å². The van der Waals surface area contributed by atoms with Gasteiger partial charge in [0.1, 0.15) is 0 Å². The Morgan fingerprint density at radius 3 is 2.60 bits per heavy atom. The van der Waals surface area contributed by atoms with Gasteiger partial charge in [0.25, 0.3) is 0 Å². The number of hydrogen-bond acceptors (Lipinski definition) is 1. The van der Waals surface area contributed by atoms with Crippen LogP contribution in [0.3, 0.4) is 0 Å². The van der Waals surface area contributed by atoms with E-state index >= 15 is 0 Å². The van der Waals surface area contributed by atoms with Crippen molar-refractivity contribution in [3.8, 4) is 0 Å². The molecule has 1 N–H and O–H groups in total. The lowest BCUT2D eigenvalue weighted by Gasteiger charge is -2.06. The largest absolute Gasteiger partial charge is 0.390 e. The summed E-state index contributed by atoms with van der Waals surface area (Å²) in [6, 6.07) is 0. The topological polar surface area (TPSA) is 20.2 Å². The second-order valence-corrected chi connectivity index (χ2v) is 3.54. The average Bonchev–Trinajstić information content (AvgIpc) is 2.44. The smallest absolute Gasteiger partial charge is 0.0680 e. The molecule has 0 aromatic carbocycles. The molecule has 0 amide bonds. The van der Waals surface area contributed by atoms with Gasteiger partial charge in [-0.25, -0.2) is 0 Å². The Morgan fingerprint density at radius 2 is 2.10 bits per heavy atom. The summed E-state index contributed by atoms with van der Waals surface area (Å²) >= 11 is 0. The van der Waals surface area contributed by atoms with Crippen molar-refractivity contribution < 1.29 is 5.11 Å². The van der Waals surface area contributed by atoms with Crippen LogP contribution in [0.5, 0.6) is 0 Å². The molecule has 0 aliphatic heterocycles. The molecule has 1 nitrogen and oxygen atoms in total. The van der Waals surface area contributed by atoms with Crippen LogP contribution in [0.2, 0.25) is 0 Å². The fourth-order valence-corrected chi connectivity index (χ4v) is 1.83. The molecule has 2 unspecified atom stereocenters. The first-order chi connectivity index (χ1) is 4.73. The van der Waals surface area contributed by atoms with Gasteiger partial charge in [-0.05, 0) is 25.2 Å². The van der Waals surface area contributed by atoms with Crippen LogP contribution in [0.25, 0.3) is 0 Å². The molecule has 2 atom stereocenters. The average molecular weight is 142 g/mol. The Balaban J connectivity index is 2.19. The maximum absolute atomic E-state index is 9.72. The van der Waals surface area contributed by atoms with Crippen molar-refractivity contribution in [2.24, 2.45) is 5.92 Å². The fourth-order valence-electron chi connectivity index (χ4n) is 1.83. The highest BCUT2D eigenvalue weighted by Gasteiger charge is 2.50. The maximum Gasteiger partial charge on any atom is 0.0680 e. The third kappa shape index (κ3) is 1.51. The second kappa shape index (κ2) is 2.91. The summed E-state index contributed by atoms with van der Waals surface area (Å²) in [5.74, 6) is 0.637. The van der Waals surface area contributed by atoms with Gasteiger partial charge in [-0.3, -0.25) is 0 Å². The predicted molar refractivity (Wildman–Crippen MR) is 42.9 cm³/mol. The highest BCUT2D eigenvalue weighted by molar-refractivity contribution is 5.02. The standard InChI is InChI=1S/C9H18O/c1-3-5-8-7-9(8,10)6-4-2/h8,10H,3-7H2,1-2H3. The summed E-state index contributed by atoms with van der Waals surface area (Å²) in [6.45, 7) is 4.32. The highest BCUT2D eigenvalue weighted by atomic mass is 16.3. The van der Waals surface area contributed by atoms with Crippen molar-refractivity contribution in [1.29, 1.82) is 0 Å². The zero-order chi connectivity index (χ0) is 7.61. The molecule has 60 valence electrons. The molecule has 0 saturated heterocycles. The summed E-state index contributed by atoms with van der Waals surface area (Å²) in [4.78, 5) is 0. The van der Waals surface area contributed by atoms with Crippen molar-refractivity contribution in [2.75, 3.05) is 0 Å². The summed E-state index contributed by atoms with van der Waals surface area (Å²) in [7, 11) is 0. The molecule has 1 fully saturated rings. The molecule has 1 aliphatic rings. The number of aliphatic hydroxyl groups is 1. The number of hydrogen-bond donors (Lipinski definition) is 1. The normalized spacial score (nSPS) is 38.1. The van der Waals surface area contributed by atoms with E-state index in [1.807, 2.05) is 0 Å². The molecule has 0 heterocycles. The minimum Gasteiger partial charge on any atom is -0.390 e. The zero-order valence-corrected chi connectivity index (χ0v) is 7.06. The summed E-state index contributed by atoms with van der Waals surface area (Å²) in [5.41, 5.74) is -0.231. The first-order valence-electron chi connectivity index (χ1n) is 4.45. The molecule has 0 aromatic heterocycles. The van der Waals surface area contributed by atoms with E-state index in [1.54, 1.807) is 0 Å². The fraction of sp³-hybridized carbons (Fsp3) is 1.00. The van der Waals surface area contributed by atoms with E-state index in [0.29, 0.717) is 5.92 Å². The van der Waals surface area contributed by atoms with Gasteiger partial charge >= 0.3 is 0 Å². The van der Waals surface area contributed by atoms with E-state index in [0.717, 1.165) is 19.3 Å². The Bertz CT molecular complexity index is 111. The maximum atomic E-state index is 9.72. The molecule has 0 spiro atoms. The van der Waals surface area contributed by atoms with Crippen molar-refractivity contribution >= 4 is 0 Å². The number of rotatable bonds is 4. The Hall–Kier alpha value is -0.0400. The van der Waals surface area contributed by atoms with E-state index < -0.39 is 0 Å². The van der Waals surface area contributed by atoms with Crippen LogP contribution in [0.15, 0.2) is 0 Å². The Morgan fingerprint density at radius 1 is 1.40 bits per heavy atom. The minimum absolute atomic E-state index is 0.231. The van der Waals surface area contributed by atoms with Crippen LogP contribution < -0.4 is 0 Å². The third-order valence-corrected chi connectivity index (χ3v) is 2.52. The van der Waals surface area contributed by atoms with Gasteiger partial charge in [0, 0.05) is 0 Å². The first kappa shape index (κ1) is 8.06. The van der Waals surface area contributed by atoms with Crippen molar-refractivity contribution in [1.82, 2.24) is 0 Å². The van der Waals surface area contributed by atoms with E-state index in [9.17, 15) is 5.11 Å². The van der Waals surface area contributed by atoms with Crippen LogP contribution in [0.4, 0.5) is 0 Å². The monoisotopic (exact) mass is 142 g/mol.